The van der Waals surface area contributed by atoms with Gasteiger partial charge in [0, 0.05) is 19.2 Å². The van der Waals surface area contributed by atoms with Crippen LogP contribution in [-0.4, -0.2) is 56.4 Å². The van der Waals surface area contributed by atoms with E-state index in [0.29, 0.717) is 42.2 Å². The summed E-state index contributed by atoms with van der Waals surface area (Å²) in [7, 11) is 0. The second-order valence-electron chi connectivity index (χ2n) is 7.20. The Hall–Kier alpha value is -3.92. The predicted molar refractivity (Wildman–Crippen MR) is 116 cm³/mol. The Balaban J connectivity index is 1.53. The van der Waals surface area contributed by atoms with Crippen molar-refractivity contribution in [2.45, 2.75) is 19.6 Å². The van der Waals surface area contributed by atoms with E-state index in [-0.39, 0.29) is 5.91 Å². The van der Waals surface area contributed by atoms with E-state index in [2.05, 4.69) is 20.2 Å². The van der Waals surface area contributed by atoms with Gasteiger partial charge in [-0.05, 0) is 43.0 Å². The number of nitrogens with two attached hydrogens (primary N) is 1. The average molecular weight is 435 g/mol. The van der Waals surface area contributed by atoms with Crippen molar-refractivity contribution in [1.82, 2.24) is 24.9 Å². The number of aromatic nitrogens is 4. The first-order chi connectivity index (χ1) is 15.5. The van der Waals surface area contributed by atoms with Crippen LogP contribution in [0, 0.1) is 12.7 Å². The van der Waals surface area contributed by atoms with Crippen LogP contribution in [-0.2, 0) is 4.74 Å². The Kier molecular flexibility index (Phi) is 6.31. The van der Waals surface area contributed by atoms with Crippen LogP contribution in [0.2, 0.25) is 0 Å². The summed E-state index contributed by atoms with van der Waals surface area (Å²) in [6, 6.07) is 8.28. The van der Waals surface area contributed by atoms with E-state index in [0.717, 1.165) is 11.8 Å². The maximum Gasteiger partial charge on any atom is 0.258 e. The number of ether oxygens (including phenoxy) is 1. The number of carbonyl (C=O) groups is 1. The minimum absolute atomic E-state index is 0.183. The van der Waals surface area contributed by atoms with Gasteiger partial charge in [-0.2, -0.15) is 15.0 Å². The van der Waals surface area contributed by atoms with Crippen molar-refractivity contribution in [2.75, 3.05) is 13.2 Å². The molecule has 2 N–H and O–H groups in total. The first-order valence-electron chi connectivity index (χ1n) is 10.0. The predicted octanol–water partition coefficient (Wildman–Crippen LogP) is 2.54. The highest BCUT2D eigenvalue weighted by atomic mass is 19.1. The fourth-order valence-corrected chi connectivity index (χ4v) is 3.37. The van der Waals surface area contributed by atoms with Gasteiger partial charge in [-0.15, -0.1) is 0 Å². The molecule has 1 saturated heterocycles. The summed E-state index contributed by atoms with van der Waals surface area (Å²) in [4.78, 5) is 24.6. The highest BCUT2D eigenvalue weighted by molar-refractivity contribution is 5.98. The molecular formula is C22H22FN7O2. The number of pyridine rings is 1. The second kappa shape index (κ2) is 9.48. The number of halogens is 1. The lowest BCUT2D eigenvalue weighted by atomic mass is 10.1. The zero-order valence-corrected chi connectivity index (χ0v) is 17.4. The molecular weight excluding hydrogens is 413 g/mol. The van der Waals surface area contributed by atoms with Crippen molar-refractivity contribution < 1.29 is 13.9 Å². The fourth-order valence-electron chi connectivity index (χ4n) is 3.37. The molecule has 10 heteroatoms. The molecule has 0 spiro atoms. The van der Waals surface area contributed by atoms with E-state index in [1.165, 1.54) is 29.3 Å². The summed E-state index contributed by atoms with van der Waals surface area (Å²) >= 11 is 0. The molecule has 4 rings (SSSR count). The first kappa shape index (κ1) is 21.3. The van der Waals surface area contributed by atoms with Gasteiger partial charge in [-0.1, -0.05) is 11.6 Å². The number of amides is 1. The molecule has 2 aromatic heterocycles. The van der Waals surface area contributed by atoms with Crippen LogP contribution in [0.1, 0.15) is 22.3 Å². The molecule has 1 atom stereocenters. The smallest absolute Gasteiger partial charge is 0.258 e. The van der Waals surface area contributed by atoms with Gasteiger partial charge in [-0.3, -0.25) is 4.79 Å². The molecule has 1 aliphatic heterocycles. The Morgan fingerprint density at radius 1 is 1.31 bits per heavy atom. The van der Waals surface area contributed by atoms with Gasteiger partial charge >= 0.3 is 0 Å². The Bertz CT molecular complexity index is 1140. The summed E-state index contributed by atoms with van der Waals surface area (Å²) in [5.74, 6) is -0.271. The summed E-state index contributed by atoms with van der Waals surface area (Å²) < 4.78 is 18.8. The zero-order chi connectivity index (χ0) is 22.5. The standard InChI is InChI=1S/C22H22FN7O2/c1-15-2-4-19(30-27-6-7-28-30)18(10-15)22(31)29-8-9-32-21(29)11-16(12-24)13-25-20-5-3-17(23)14-26-20/h2-7,10,12-14,21H,8-9,11,24H2,1H3. The van der Waals surface area contributed by atoms with Crippen LogP contribution >= 0.6 is 0 Å². The topological polar surface area (TPSA) is 112 Å². The van der Waals surface area contributed by atoms with Gasteiger partial charge in [0.1, 0.15) is 12.0 Å². The minimum atomic E-state index is -0.510. The number of rotatable bonds is 6. The van der Waals surface area contributed by atoms with E-state index < -0.39 is 12.0 Å². The average Bonchev–Trinajstić information content (AvgIpc) is 3.49. The van der Waals surface area contributed by atoms with Gasteiger partial charge < -0.3 is 15.4 Å². The fraction of sp³-hybridized carbons (Fsp3) is 0.227. The van der Waals surface area contributed by atoms with Crippen LogP contribution in [0.3, 0.4) is 0 Å². The summed E-state index contributed by atoms with van der Waals surface area (Å²) in [5.41, 5.74) is 8.44. The quantitative estimate of drug-likeness (QED) is 0.596. The van der Waals surface area contributed by atoms with Crippen molar-refractivity contribution in [1.29, 1.82) is 0 Å². The van der Waals surface area contributed by atoms with Crippen molar-refractivity contribution in [3.63, 3.8) is 0 Å². The largest absolute Gasteiger partial charge is 0.404 e. The van der Waals surface area contributed by atoms with E-state index in [1.807, 2.05) is 25.1 Å². The molecule has 1 aliphatic rings. The Morgan fingerprint density at radius 2 is 2.12 bits per heavy atom. The molecule has 1 unspecified atom stereocenters. The lowest BCUT2D eigenvalue weighted by molar-refractivity contribution is 0.0292. The third-order valence-electron chi connectivity index (χ3n) is 4.97. The normalized spacial score (nSPS) is 16.8. The van der Waals surface area contributed by atoms with Crippen LogP contribution in [0.5, 0.6) is 0 Å². The van der Waals surface area contributed by atoms with Gasteiger partial charge in [0.15, 0.2) is 5.82 Å². The van der Waals surface area contributed by atoms with Crippen LogP contribution in [0.25, 0.3) is 5.69 Å². The van der Waals surface area contributed by atoms with Gasteiger partial charge in [0.2, 0.25) is 0 Å². The lowest BCUT2D eigenvalue weighted by Gasteiger charge is -2.24. The third kappa shape index (κ3) is 4.70. The molecule has 9 nitrogen and oxygen atoms in total. The summed E-state index contributed by atoms with van der Waals surface area (Å²) in [6.45, 7) is 2.77. The molecule has 0 bridgehead atoms. The molecule has 0 aliphatic carbocycles. The van der Waals surface area contributed by atoms with Crippen molar-refractivity contribution >= 4 is 17.9 Å². The van der Waals surface area contributed by atoms with Gasteiger partial charge in [0.05, 0.1) is 36.4 Å². The lowest BCUT2D eigenvalue weighted by Crippen LogP contribution is -2.37. The monoisotopic (exact) mass is 435 g/mol. The number of benzene rings is 1. The first-order valence-corrected chi connectivity index (χ1v) is 10.0. The molecule has 1 aromatic carbocycles. The van der Waals surface area contributed by atoms with Crippen molar-refractivity contribution in [3.05, 3.63) is 77.6 Å². The molecule has 3 aromatic rings. The Labute approximate surface area is 184 Å². The molecule has 0 radical (unpaired) electrons. The minimum Gasteiger partial charge on any atom is -0.404 e. The summed E-state index contributed by atoms with van der Waals surface area (Å²) in [5, 5.41) is 8.31. The van der Waals surface area contributed by atoms with Crippen LogP contribution in [0.4, 0.5) is 10.2 Å². The second-order valence-corrected chi connectivity index (χ2v) is 7.20. The van der Waals surface area contributed by atoms with E-state index in [1.54, 1.807) is 17.3 Å². The van der Waals surface area contributed by atoms with Gasteiger partial charge in [-0.25, -0.2) is 14.4 Å². The molecule has 3 heterocycles. The zero-order valence-electron chi connectivity index (χ0n) is 17.4. The highest BCUT2D eigenvalue weighted by Crippen LogP contribution is 2.24. The van der Waals surface area contributed by atoms with Crippen molar-refractivity contribution in [2.24, 2.45) is 10.7 Å². The number of hydrogen-bond acceptors (Lipinski definition) is 7. The van der Waals surface area contributed by atoms with Gasteiger partial charge in [0.25, 0.3) is 5.91 Å². The number of nitrogens with zero attached hydrogens (tertiary/aromatic N) is 6. The summed E-state index contributed by atoms with van der Waals surface area (Å²) in [6.07, 6.45) is 6.98. The van der Waals surface area contributed by atoms with Crippen molar-refractivity contribution in [3.8, 4) is 5.69 Å². The molecule has 1 fully saturated rings. The molecule has 32 heavy (non-hydrogen) atoms. The molecule has 0 saturated carbocycles. The maximum atomic E-state index is 13.5. The molecule has 164 valence electrons. The van der Waals surface area contributed by atoms with E-state index in [9.17, 15) is 9.18 Å². The number of hydrogen-bond donors (Lipinski definition) is 1. The SMILES string of the molecule is Cc1ccc(-n2nccn2)c(C(=O)N2CCOC2CC(C=Nc2ccc(F)cn2)=CN)c1. The number of aliphatic imine (C=N–C) groups is 1. The third-order valence-corrected chi connectivity index (χ3v) is 4.97. The Morgan fingerprint density at radius 3 is 2.84 bits per heavy atom. The number of aryl methyl sites for hydroxylation is 1. The molecule has 1 amide bonds. The van der Waals surface area contributed by atoms with Crippen LogP contribution < -0.4 is 5.73 Å². The van der Waals surface area contributed by atoms with E-state index >= 15 is 0 Å². The maximum absolute atomic E-state index is 13.5. The highest BCUT2D eigenvalue weighted by Gasteiger charge is 2.32. The van der Waals surface area contributed by atoms with Crippen LogP contribution in [0.15, 0.2) is 65.7 Å². The number of carbonyl (C=O) groups excluding carboxylic acids is 1. The van der Waals surface area contributed by atoms with E-state index in [4.69, 9.17) is 10.5 Å².